The number of pyridine rings is 1. The Balaban J connectivity index is 1.57. The molecule has 0 saturated carbocycles. The van der Waals surface area contributed by atoms with E-state index in [0.29, 0.717) is 4.60 Å². The number of rotatable bonds is 5. The summed E-state index contributed by atoms with van der Waals surface area (Å²) in [4.78, 5) is 4.01. The van der Waals surface area contributed by atoms with Crippen LogP contribution in [-0.2, 0) is 14.9 Å². The van der Waals surface area contributed by atoms with Gasteiger partial charge in [0.2, 0.25) is 0 Å². The third-order valence-electron chi connectivity index (χ3n) is 5.65. The minimum atomic E-state index is -4.05. The van der Waals surface area contributed by atoms with Crippen molar-refractivity contribution in [3.8, 4) is 17.2 Å². The SMILES string of the molecule is O=S(=O)(Oc1cccnc1Br)C1CC2OC1C(c1ccc(O)cc1)=C2c1ccc(O)cc1. The lowest BCUT2D eigenvalue weighted by Crippen LogP contribution is -2.35. The van der Waals surface area contributed by atoms with Gasteiger partial charge in [-0.2, -0.15) is 8.42 Å². The molecule has 3 unspecified atom stereocenters. The van der Waals surface area contributed by atoms with Crippen molar-refractivity contribution in [3.63, 3.8) is 0 Å². The van der Waals surface area contributed by atoms with Gasteiger partial charge in [-0.05, 0) is 74.6 Å². The van der Waals surface area contributed by atoms with Gasteiger partial charge in [-0.3, -0.25) is 0 Å². The van der Waals surface area contributed by atoms with Crippen LogP contribution in [0.2, 0.25) is 0 Å². The summed E-state index contributed by atoms with van der Waals surface area (Å²) in [6.07, 6.45) is 0.575. The number of hydrogen-bond donors (Lipinski definition) is 2. The summed E-state index contributed by atoms with van der Waals surface area (Å²) in [6, 6.07) is 16.4. The quantitative estimate of drug-likeness (QED) is 0.388. The zero-order valence-electron chi connectivity index (χ0n) is 16.6. The van der Waals surface area contributed by atoms with Crippen molar-refractivity contribution in [2.75, 3.05) is 0 Å². The highest BCUT2D eigenvalue weighted by atomic mass is 79.9. The molecule has 164 valence electrons. The van der Waals surface area contributed by atoms with Crippen LogP contribution in [0.5, 0.6) is 17.2 Å². The fourth-order valence-electron chi connectivity index (χ4n) is 4.25. The van der Waals surface area contributed by atoms with Gasteiger partial charge in [-0.15, -0.1) is 0 Å². The van der Waals surface area contributed by atoms with E-state index < -0.39 is 27.6 Å². The van der Waals surface area contributed by atoms with Crippen molar-refractivity contribution in [2.45, 2.75) is 23.9 Å². The molecule has 2 bridgehead atoms. The van der Waals surface area contributed by atoms with Crippen molar-refractivity contribution >= 4 is 37.2 Å². The lowest BCUT2D eigenvalue weighted by Gasteiger charge is -2.24. The molecule has 0 aliphatic carbocycles. The number of phenolic OH excluding ortho intramolecular Hbond substituents is 2. The number of hydrogen-bond acceptors (Lipinski definition) is 7. The Morgan fingerprint density at radius 1 is 0.938 bits per heavy atom. The highest BCUT2D eigenvalue weighted by molar-refractivity contribution is 9.10. The maximum Gasteiger partial charge on any atom is 0.315 e. The summed E-state index contributed by atoms with van der Waals surface area (Å²) >= 11 is 3.21. The van der Waals surface area contributed by atoms with Crippen LogP contribution in [0.15, 0.2) is 71.5 Å². The van der Waals surface area contributed by atoms with E-state index in [1.54, 1.807) is 54.6 Å². The molecule has 3 atom stereocenters. The van der Waals surface area contributed by atoms with Crippen molar-refractivity contribution in [3.05, 3.63) is 82.6 Å². The Morgan fingerprint density at radius 2 is 1.53 bits per heavy atom. The molecule has 3 heterocycles. The molecule has 2 N–H and O–H groups in total. The molecule has 1 saturated heterocycles. The van der Waals surface area contributed by atoms with Crippen molar-refractivity contribution in [1.82, 2.24) is 4.98 Å². The summed E-state index contributed by atoms with van der Waals surface area (Å²) in [7, 11) is -4.05. The van der Waals surface area contributed by atoms with E-state index in [-0.39, 0.29) is 23.7 Å². The van der Waals surface area contributed by atoms with Crippen LogP contribution >= 0.6 is 15.9 Å². The molecule has 2 aliphatic rings. The molecule has 0 radical (unpaired) electrons. The second-order valence-corrected chi connectivity index (χ2v) is 10.1. The van der Waals surface area contributed by atoms with Crippen molar-refractivity contribution in [1.29, 1.82) is 0 Å². The van der Waals surface area contributed by atoms with E-state index in [9.17, 15) is 18.6 Å². The van der Waals surface area contributed by atoms with E-state index >= 15 is 0 Å². The fourth-order valence-corrected chi connectivity index (χ4v) is 6.11. The average molecular weight is 516 g/mol. The normalized spacial score (nSPS) is 22.3. The molecule has 9 heteroatoms. The predicted octanol–water partition coefficient (Wildman–Crippen LogP) is 4.11. The molecule has 5 rings (SSSR count). The first-order chi connectivity index (χ1) is 15.3. The Labute approximate surface area is 193 Å². The molecule has 32 heavy (non-hydrogen) atoms. The van der Waals surface area contributed by atoms with E-state index in [2.05, 4.69) is 20.9 Å². The van der Waals surface area contributed by atoms with Crippen LogP contribution in [-0.4, -0.2) is 41.1 Å². The summed E-state index contributed by atoms with van der Waals surface area (Å²) < 4.78 is 38.3. The van der Waals surface area contributed by atoms with Gasteiger partial charge < -0.3 is 19.1 Å². The number of ether oxygens (including phenoxy) is 1. The molecule has 3 aromatic rings. The van der Waals surface area contributed by atoms with Crippen LogP contribution in [0.25, 0.3) is 11.1 Å². The van der Waals surface area contributed by atoms with Crippen LogP contribution in [0.3, 0.4) is 0 Å². The standard InChI is InChI=1S/C23H18BrNO6S/c24-23-17(2-1-11-25-23)31-32(28,29)19-12-18-20(13-3-7-15(26)8-4-13)21(22(19)30-18)14-5-9-16(27)10-6-14/h1-11,18-19,22,26-27H,12H2. The van der Waals surface area contributed by atoms with Crippen LogP contribution in [0.4, 0.5) is 0 Å². The lowest BCUT2D eigenvalue weighted by molar-refractivity contribution is 0.128. The Bertz CT molecular complexity index is 1310. The first-order valence-corrected chi connectivity index (χ1v) is 12.1. The molecular weight excluding hydrogens is 498 g/mol. The molecule has 0 amide bonds. The first kappa shape index (κ1) is 21.0. The largest absolute Gasteiger partial charge is 0.508 e. The molecule has 2 aliphatic heterocycles. The number of aromatic nitrogens is 1. The minimum Gasteiger partial charge on any atom is -0.508 e. The van der Waals surface area contributed by atoms with Gasteiger partial charge in [0.05, 0.1) is 6.10 Å². The van der Waals surface area contributed by atoms with Gasteiger partial charge in [0.15, 0.2) is 5.75 Å². The van der Waals surface area contributed by atoms with Crippen LogP contribution in [0.1, 0.15) is 17.5 Å². The molecule has 1 fully saturated rings. The highest BCUT2D eigenvalue weighted by Gasteiger charge is 2.53. The topological polar surface area (TPSA) is 106 Å². The average Bonchev–Trinajstić information content (AvgIpc) is 3.36. The van der Waals surface area contributed by atoms with E-state index in [4.69, 9.17) is 8.92 Å². The first-order valence-electron chi connectivity index (χ1n) is 9.85. The Kier molecular flexibility index (Phi) is 5.19. The monoisotopic (exact) mass is 515 g/mol. The number of fused-ring (bicyclic) bond motifs is 2. The third-order valence-corrected chi connectivity index (χ3v) is 7.84. The molecule has 1 aromatic heterocycles. The zero-order chi connectivity index (χ0) is 22.5. The summed E-state index contributed by atoms with van der Waals surface area (Å²) in [6.45, 7) is 0. The second-order valence-electron chi connectivity index (χ2n) is 7.61. The van der Waals surface area contributed by atoms with E-state index in [0.717, 1.165) is 22.3 Å². The highest BCUT2D eigenvalue weighted by Crippen LogP contribution is 2.51. The van der Waals surface area contributed by atoms with E-state index in [1.807, 2.05) is 0 Å². The van der Waals surface area contributed by atoms with Gasteiger partial charge in [-0.25, -0.2) is 4.98 Å². The van der Waals surface area contributed by atoms with Gasteiger partial charge in [0, 0.05) is 12.6 Å². The Morgan fingerprint density at radius 3 is 2.12 bits per heavy atom. The van der Waals surface area contributed by atoms with Crippen LogP contribution in [0, 0.1) is 0 Å². The molecular formula is C23H18BrNO6S. The Hall–Kier alpha value is -2.88. The van der Waals surface area contributed by atoms with Gasteiger partial charge in [-0.1, -0.05) is 24.3 Å². The van der Waals surface area contributed by atoms with Crippen molar-refractivity contribution in [2.24, 2.45) is 0 Å². The molecule has 7 nitrogen and oxygen atoms in total. The van der Waals surface area contributed by atoms with Crippen molar-refractivity contribution < 1.29 is 27.6 Å². The lowest BCUT2D eigenvalue weighted by atomic mass is 9.83. The summed E-state index contributed by atoms with van der Waals surface area (Å²) in [5, 5.41) is 18.5. The second kappa shape index (κ2) is 7.91. The number of phenols is 2. The predicted molar refractivity (Wildman–Crippen MR) is 122 cm³/mol. The van der Waals surface area contributed by atoms with E-state index in [1.165, 1.54) is 12.3 Å². The van der Waals surface area contributed by atoms with Gasteiger partial charge >= 0.3 is 10.1 Å². The zero-order valence-corrected chi connectivity index (χ0v) is 19.0. The smallest absolute Gasteiger partial charge is 0.315 e. The third kappa shape index (κ3) is 3.66. The number of halogens is 1. The number of benzene rings is 2. The fraction of sp³-hybridized carbons (Fsp3) is 0.174. The number of aromatic hydroxyl groups is 2. The summed E-state index contributed by atoms with van der Waals surface area (Å²) in [5.41, 5.74) is 3.19. The molecule has 2 aromatic carbocycles. The molecule has 0 spiro atoms. The maximum atomic E-state index is 13.2. The summed E-state index contributed by atoms with van der Waals surface area (Å²) in [5.74, 6) is 0.364. The minimum absolute atomic E-state index is 0.110. The van der Waals surface area contributed by atoms with Gasteiger partial charge in [0.1, 0.15) is 27.5 Å². The maximum absolute atomic E-state index is 13.2. The number of nitrogens with zero attached hydrogens (tertiary/aromatic N) is 1. The van der Waals surface area contributed by atoms with Gasteiger partial charge in [0.25, 0.3) is 0 Å². The van der Waals surface area contributed by atoms with Crippen LogP contribution < -0.4 is 4.18 Å².